The molecule has 0 atom stereocenters. The highest BCUT2D eigenvalue weighted by Crippen LogP contribution is 2.40. The smallest absolute Gasteiger partial charge is 0.244 e. The highest BCUT2D eigenvalue weighted by atomic mass is 15.1. The molecular weight excluding hydrogens is 268 g/mol. The van der Waals surface area contributed by atoms with Crippen LogP contribution in [0.5, 0.6) is 0 Å². The summed E-state index contributed by atoms with van der Waals surface area (Å²) < 4.78 is 4.56. The van der Waals surface area contributed by atoms with Crippen molar-refractivity contribution in [1.82, 2.24) is 4.57 Å². The summed E-state index contributed by atoms with van der Waals surface area (Å²) in [6, 6.07) is 15.4. The molecule has 22 heavy (non-hydrogen) atoms. The van der Waals surface area contributed by atoms with Crippen LogP contribution >= 0.6 is 0 Å². The van der Waals surface area contributed by atoms with E-state index in [0.29, 0.717) is 0 Å². The van der Waals surface area contributed by atoms with Gasteiger partial charge in [0.05, 0.1) is 23.3 Å². The molecule has 1 aliphatic rings. The third-order valence-electron chi connectivity index (χ3n) is 4.98. The number of unbranched alkanes of at least 4 members (excludes halogenated alkanes) is 1. The standard InChI is InChI=1S/C20H22N2/c1-4-5-13-21-14-22-17-11-7-6-9-15(17)20(2,3)16-10-8-12-18(21)19(16)22/h6-12H,4-5,13H2,1-3H3. The van der Waals surface area contributed by atoms with Crippen LogP contribution in [-0.2, 0) is 12.0 Å². The predicted molar refractivity (Wildman–Crippen MR) is 89.3 cm³/mol. The maximum absolute atomic E-state index is 3.59. The Balaban J connectivity index is 2.08. The molecule has 0 radical (unpaired) electrons. The first-order chi connectivity index (χ1) is 10.6. The lowest BCUT2D eigenvalue weighted by Crippen LogP contribution is -2.40. The molecule has 2 aromatic carbocycles. The molecule has 0 saturated carbocycles. The summed E-state index contributed by atoms with van der Waals surface area (Å²) >= 11 is 0. The molecule has 3 aromatic rings. The Bertz CT molecular complexity index is 855. The lowest BCUT2D eigenvalue weighted by molar-refractivity contribution is -0.575. The van der Waals surface area contributed by atoms with Gasteiger partial charge in [0, 0.05) is 5.41 Å². The number of hydrogen-bond donors (Lipinski definition) is 0. The van der Waals surface area contributed by atoms with E-state index in [1.54, 1.807) is 0 Å². The van der Waals surface area contributed by atoms with E-state index in [2.05, 4.69) is 78.7 Å². The monoisotopic (exact) mass is 290 g/mol. The van der Waals surface area contributed by atoms with Crippen molar-refractivity contribution in [3.8, 4) is 5.69 Å². The summed E-state index contributed by atoms with van der Waals surface area (Å²) in [4.78, 5) is 0. The minimum Gasteiger partial charge on any atom is -0.319 e. The number of hydrogen-bond acceptors (Lipinski definition) is 0. The average Bonchev–Trinajstić information content (AvgIpc) is 2.91. The second kappa shape index (κ2) is 4.70. The van der Waals surface area contributed by atoms with Gasteiger partial charge in [0.25, 0.3) is 0 Å². The van der Waals surface area contributed by atoms with Crippen molar-refractivity contribution in [2.45, 2.75) is 45.6 Å². The summed E-state index contributed by atoms with van der Waals surface area (Å²) in [6.07, 6.45) is 5.99. The number of rotatable bonds is 3. The van der Waals surface area contributed by atoms with Gasteiger partial charge in [0.15, 0.2) is 0 Å². The van der Waals surface area contributed by atoms with Gasteiger partial charge in [-0.2, -0.15) is 0 Å². The van der Waals surface area contributed by atoms with Crippen LogP contribution in [0.1, 0.15) is 44.7 Å². The molecule has 2 heteroatoms. The van der Waals surface area contributed by atoms with Gasteiger partial charge in [-0.15, -0.1) is 0 Å². The number of benzene rings is 2. The zero-order valence-electron chi connectivity index (χ0n) is 13.6. The van der Waals surface area contributed by atoms with Crippen molar-refractivity contribution in [3.63, 3.8) is 0 Å². The summed E-state index contributed by atoms with van der Waals surface area (Å²) in [7, 11) is 0. The molecule has 0 N–H and O–H groups in total. The first-order valence-electron chi connectivity index (χ1n) is 8.21. The van der Waals surface area contributed by atoms with Gasteiger partial charge in [-0.1, -0.05) is 69.7 Å². The number of fused-ring (bicyclic) bond motifs is 2. The molecule has 0 fully saturated rings. The van der Waals surface area contributed by atoms with Crippen molar-refractivity contribution < 1.29 is 4.57 Å². The fraction of sp³-hybridized carbons (Fsp3) is 0.350. The van der Waals surface area contributed by atoms with Crippen LogP contribution in [0.15, 0.2) is 42.5 Å². The molecule has 0 aliphatic carbocycles. The van der Waals surface area contributed by atoms with Gasteiger partial charge < -0.3 is 9.13 Å². The maximum Gasteiger partial charge on any atom is 0.244 e. The molecule has 1 aromatic heterocycles. The molecule has 112 valence electrons. The second-order valence-corrected chi connectivity index (χ2v) is 6.76. The fourth-order valence-corrected chi connectivity index (χ4v) is 3.72. The SMILES string of the molecule is CCCCn1[c-][n+]2c3c(cccc31)C(C)(C)c1ccccc1-2. The summed E-state index contributed by atoms with van der Waals surface area (Å²) in [5, 5.41) is 0. The normalized spacial score (nSPS) is 15.0. The van der Waals surface area contributed by atoms with E-state index in [-0.39, 0.29) is 5.41 Å². The maximum atomic E-state index is 3.59. The van der Waals surface area contributed by atoms with Crippen LogP contribution in [0.3, 0.4) is 0 Å². The number of para-hydroxylation sites is 2. The lowest BCUT2D eigenvalue weighted by atomic mass is 9.75. The molecule has 0 spiro atoms. The third kappa shape index (κ3) is 1.70. The van der Waals surface area contributed by atoms with Gasteiger partial charge in [0.2, 0.25) is 6.33 Å². The molecule has 2 nitrogen and oxygen atoms in total. The van der Waals surface area contributed by atoms with Crippen LogP contribution in [0.2, 0.25) is 0 Å². The van der Waals surface area contributed by atoms with Crippen LogP contribution in [0.25, 0.3) is 16.7 Å². The van der Waals surface area contributed by atoms with Gasteiger partial charge in [-0.25, -0.2) is 0 Å². The Morgan fingerprint density at radius 1 is 1.05 bits per heavy atom. The first kappa shape index (κ1) is 13.6. The second-order valence-electron chi connectivity index (χ2n) is 6.76. The minimum absolute atomic E-state index is 0.0287. The van der Waals surface area contributed by atoms with Crippen molar-refractivity contribution in [3.05, 3.63) is 59.9 Å². The molecule has 4 rings (SSSR count). The van der Waals surface area contributed by atoms with Crippen LogP contribution in [0.4, 0.5) is 0 Å². The molecule has 2 heterocycles. The Hall–Kier alpha value is -2.09. The number of imidazole rings is 1. The summed E-state index contributed by atoms with van der Waals surface area (Å²) in [6.45, 7) is 7.93. The van der Waals surface area contributed by atoms with Crippen molar-refractivity contribution >= 4 is 11.0 Å². The molecule has 0 unspecified atom stereocenters. The van der Waals surface area contributed by atoms with E-state index in [9.17, 15) is 0 Å². The number of aryl methyl sites for hydroxylation is 1. The van der Waals surface area contributed by atoms with Gasteiger partial charge in [0.1, 0.15) is 0 Å². The van der Waals surface area contributed by atoms with E-state index in [4.69, 9.17) is 0 Å². The highest BCUT2D eigenvalue weighted by molar-refractivity contribution is 5.80. The Morgan fingerprint density at radius 2 is 1.82 bits per heavy atom. The lowest BCUT2D eigenvalue weighted by Gasteiger charge is -2.35. The van der Waals surface area contributed by atoms with Crippen LogP contribution in [0, 0.1) is 6.33 Å². The van der Waals surface area contributed by atoms with E-state index in [0.717, 1.165) is 6.54 Å². The number of aromatic nitrogens is 2. The molecular formula is C20H22N2. The Morgan fingerprint density at radius 3 is 2.64 bits per heavy atom. The molecule has 0 saturated heterocycles. The topological polar surface area (TPSA) is 8.81 Å². The number of nitrogens with zero attached hydrogens (tertiary/aromatic N) is 2. The molecule has 0 bridgehead atoms. The Kier molecular flexibility index (Phi) is 2.90. The van der Waals surface area contributed by atoms with Crippen LogP contribution < -0.4 is 4.57 Å². The quantitative estimate of drug-likeness (QED) is 0.506. The highest BCUT2D eigenvalue weighted by Gasteiger charge is 2.32. The van der Waals surface area contributed by atoms with Crippen molar-refractivity contribution in [2.24, 2.45) is 0 Å². The van der Waals surface area contributed by atoms with Crippen molar-refractivity contribution in [2.75, 3.05) is 0 Å². The summed E-state index contributed by atoms with van der Waals surface area (Å²) in [5.41, 5.74) is 6.70. The zero-order chi connectivity index (χ0) is 15.3. The van der Waals surface area contributed by atoms with E-state index in [1.165, 1.54) is 40.7 Å². The Labute approximate surface area is 132 Å². The predicted octanol–water partition coefficient (Wildman–Crippen LogP) is 4.16. The van der Waals surface area contributed by atoms with E-state index < -0.39 is 0 Å². The largest absolute Gasteiger partial charge is 0.319 e. The fourth-order valence-electron chi connectivity index (χ4n) is 3.72. The zero-order valence-corrected chi connectivity index (χ0v) is 13.6. The van der Waals surface area contributed by atoms with Gasteiger partial charge >= 0.3 is 0 Å². The molecule has 1 aliphatic heterocycles. The van der Waals surface area contributed by atoms with Crippen LogP contribution in [-0.4, -0.2) is 4.57 Å². The third-order valence-corrected chi connectivity index (χ3v) is 4.98. The van der Waals surface area contributed by atoms with E-state index >= 15 is 0 Å². The van der Waals surface area contributed by atoms with Gasteiger partial charge in [-0.05, 0) is 17.5 Å². The van der Waals surface area contributed by atoms with Gasteiger partial charge in [-0.3, -0.25) is 0 Å². The first-order valence-corrected chi connectivity index (χ1v) is 8.21. The summed E-state index contributed by atoms with van der Waals surface area (Å²) in [5.74, 6) is 0. The van der Waals surface area contributed by atoms with E-state index in [1.807, 2.05) is 0 Å². The average molecular weight is 290 g/mol. The minimum atomic E-state index is 0.0287. The molecule has 0 amide bonds. The van der Waals surface area contributed by atoms with Crippen molar-refractivity contribution in [1.29, 1.82) is 0 Å².